The molecule has 1 aliphatic rings. The Morgan fingerprint density at radius 1 is 1.44 bits per heavy atom. The Balaban J connectivity index is 1.85. The van der Waals surface area contributed by atoms with Gasteiger partial charge in [-0.1, -0.05) is 18.2 Å². The van der Waals surface area contributed by atoms with Crippen molar-refractivity contribution in [1.82, 2.24) is 10.2 Å². The topological polar surface area (TPSA) is 15.3 Å². The highest BCUT2D eigenvalue weighted by Gasteiger charge is 2.16. The molecule has 2 nitrogen and oxygen atoms in total. The number of benzene rings is 1. The van der Waals surface area contributed by atoms with Crippen molar-refractivity contribution in [2.24, 2.45) is 0 Å². The van der Waals surface area contributed by atoms with Gasteiger partial charge in [0.25, 0.3) is 0 Å². The van der Waals surface area contributed by atoms with Crippen molar-refractivity contribution in [2.45, 2.75) is 18.9 Å². The van der Waals surface area contributed by atoms with Crippen LogP contribution in [-0.4, -0.2) is 37.6 Å². The Kier molecular flexibility index (Phi) is 3.91. The summed E-state index contributed by atoms with van der Waals surface area (Å²) in [6.45, 7) is 3.21. The van der Waals surface area contributed by atoms with Gasteiger partial charge in [0, 0.05) is 25.7 Å². The van der Waals surface area contributed by atoms with E-state index in [1.165, 1.54) is 6.07 Å². The van der Waals surface area contributed by atoms with Gasteiger partial charge in [-0.25, -0.2) is 4.39 Å². The Bertz CT molecular complexity index is 340. The van der Waals surface area contributed by atoms with Crippen molar-refractivity contribution < 1.29 is 4.39 Å². The quantitative estimate of drug-likeness (QED) is 0.836. The highest BCUT2D eigenvalue weighted by Crippen LogP contribution is 2.11. The largest absolute Gasteiger partial charge is 0.311 e. The van der Waals surface area contributed by atoms with Crippen LogP contribution in [0.3, 0.4) is 0 Å². The first kappa shape index (κ1) is 11.6. The van der Waals surface area contributed by atoms with Gasteiger partial charge in [-0.05, 0) is 31.5 Å². The van der Waals surface area contributed by atoms with E-state index in [1.54, 1.807) is 6.07 Å². The van der Waals surface area contributed by atoms with Crippen molar-refractivity contribution in [3.63, 3.8) is 0 Å². The van der Waals surface area contributed by atoms with Crippen LogP contribution in [0.4, 0.5) is 4.39 Å². The highest BCUT2D eigenvalue weighted by atomic mass is 19.1. The molecule has 1 heterocycles. The van der Waals surface area contributed by atoms with E-state index in [1.807, 2.05) is 12.1 Å². The second-order valence-corrected chi connectivity index (χ2v) is 4.54. The highest BCUT2D eigenvalue weighted by molar-refractivity contribution is 5.17. The number of hydrogen-bond donors (Lipinski definition) is 1. The third kappa shape index (κ3) is 3.03. The zero-order valence-electron chi connectivity index (χ0n) is 9.75. The van der Waals surface area contributed by atoms with Gasteiger partial charge >= 0.3 is 0 Å². The summed E-state index contributed by atoms with van der Waals surface area (Å²) in [7, 11) is 2.14. The van der Waals surface area contributed by atoms with E-state index in [0.717, 1.165) is 38.0 Å². The molecule has 2 rings (SSSR count). The standard InChI is InChI=1S/C13H19FN2/c1-16-9-8-15-12(10-16)7-6-11-4-2-3-5-13(11)14/h2-5,12,15H,6-10H2,1H3. The second-order valence-electron chi connectivity index (χ2n) is 4.54. The molecule has 0 radical (unpaired) electrons. The molecule has 1 saturated heterocycles. The zero-order valence-corrected chi connectivity index (χ0v) is 9.75. The first-order valence-corrected chi connectivity index (χ1v) is 5.91. The van der Waals surface area contributed by atoms with Crippen LogP contribution in [0.15, 0.2) is 24.3 Å². The molecule has 1 unspecified atom stereocenters. The summed E-state index contributed by atoms with van der Waals surface area (Å²) in [5.74, 6) is -0.0772. The van der Waals surface area contributed by atoms with Crippen LogP contribution in [-0.2, 0) is 6.42 Å². The Morgan fingerprint density at radius 2 is 2.25 bits per heavy atom. The molecule has 16 heavy (non-hydrogen) atoms. The molecule has 1 fully saturated rings. The summed E-state index contributed by atoms with van der Waals surface area (Å²) in [5, 5.41) is 3.48. The van der Waals surface area contributed by atoms with Crippen LogP contribution in [0.2, 0.25) is 0 Å². The fourth-order valence-electron chi connectivity index (χ4n) is 2.22. The SMILES string of the molecule is CN1CCNC(CCc2ccccc2F)C1. The second kappa shape index (κ2) is 5.41. The van der Waals surface area contributed by atoms with Crippen LogP contribution >= 0.6 is 0 Å². The molecular formula is C13H19FN2. The number of likely N-dealkylation sites (N-methyl/N-ethyl adjacent to an activating group) is 1. The fourth-order valence-corrected chi connectivity index (χ4v) is 2.22. The number of piperazine rings is 1. The smallest absolute Gasteiger partial charge is 0.126 e. The van der Waals surface area contributed by atoms with E-state index in [2.05, 4.69) is 17.3 Å². The van der Waals surface area contributed by atoms with Crippen LogP contribution in [0.1, 0.15) is 12.0 Å². The van der Waals surface area contributed by atoms with Gasteiger partial charge in [0.2, 0.25) is 0 Å². The third-order valence-electron chi connectivity index (χ3n) is 3.18. The lowest BCUT2D eigenvalue weighted by molar-refractivity contribution is 0.232. The molecule has 1 N–H and O–H groups in total. The molecule has 0 amide bonds. The summed E-state index contributed by atoms with van der Waals surface area (Å²) in [5.41, 5.74) is 0.831. The van der Waals surface area contributed by atoms with E-state index in [9.17, 15) is 4.39 Å². The van der Waals surface area contributed by atoms with E-state index < -0.39 is 0 Å². The number of aryl methyl sites for hydroxylation is 1. The summed E-state index contributed by atoms with van der Waals surface area (Å²) in [6.07, 6.45) is 1.82. The average Bonchev–Trinajstić information content (AvgIpc) is 2.28. The molecule has 0 aromatic heterocycles. The van der Waals surface area contributed by atoms with Gasteiger partial charge in [-0.15, -0.1) is 0 Å². The monoisotopic (exact) mass is 222 g/mol. The number of halogens is 1. The van der Waals surface area contributed by atoms with Gasteiger partial charge in [0.05, 0.1) is 0 Å². The van der Waals surface area contributed by atoms with E-state index in [0.29, 0.717) is 6.04 Å². The van der Waals surface area contributed by atoms with Crippen LogP contribution < -0.4 is 5.32 Å². The molecule has 0 spiro atoms. The van der Waals surface area contributed by atoms with Crippen LogP contribution in [0.25, 0.3) is 0 Å². The molecule has 1 aromatic carbocycles. The molecule has 1 aromatic rings. The van der Waals surface area contributed by atoms with E-state index >= 15 is 0 Å². The lowest BCUT2D eigenvalue weighted by atomic mass is 10.0. The van der Waals surface area contributed by atoms with Gasteiger partial charge in [0.1, 0.15) is 5.82 Å². The predicted octanol–water partition coefficient (Wildman–Crippen LogP) is 1.66. The summed E-state index contributed by atoms with van der Waals surface area (Å²) < 4.78 is 13.4. The molecule has 3 heteroatoms. The maximum atomic E-state index is 13.4. The molecule has 1 atom stereocenters. The fraction of sp³-hybridized carbons (Fsp3) is 0.538. The van der Waals surface area contributed by atoms with Crippen LogP contribution in [0, 0.1) is 5.82 Å². The Hall–Kier alpha value is -0.930. The number of hydrogen-bond acceptors (Lipinski definition) is 2. The minimum Gasteiger partial charge on any atom is -0.311 e. The number of nitrogens with zero attached hydrogens (tertiary/aromatic N) is 1. The number of nitrogens with one attached hydrogen (secondary N) is 1. The van der Waals surface area contributed by atoms with Crippen molar-refractivity contribution in [3.8, 4) is 0 Å². The maximum absolute atomic E-state index is 13.4. The summed E-state index contributed by atoms with van der Waals surface area (Å²) in [6, 6.07) is 7.56. The molecule has 0 aliphatic carbocycles. The number of rotatable bonds is 3. The first-order valence-electron chi connectivity index (χ1n) is 5.91. The van der Waals surface area contributed by atoms with Gasteiger partial charge in [-0.3, -0.25) is 0 Å². The van der Waals surface area contributed by atoms with Crippen molar-refractivity contribution in [1.29, 1.82) is 0 Å². The average molecular weight is 222 g/mol. The van der Waals surface area contributed by atoms with Gasteiger partial charge < -0.3 is 10.2 Å². The lowest BCUT2D eigenvalue weighted by Crippen LogP contribution is -2.49. The minimum absolute atomic E-state index is 0.0772. The first-order chi connectivity index (χ1) is 7.75. The molecule has 88 valence electrons. The maximum Gasteiger partial charge on any atom is 0.126 e. The molecule has 0 saturated carbocycles. The normalized spacial score (nSPS) is 22.2. The van der Waals surface area contributed by atoms with Crippen LogP contribution in [0.5, 0.6) is 0 Å². The van der Waals surface area contributed by atoms with Gasteiger partial charge in [0.15, 0.2) is 0 Å². The third-order valence-corrected chi connectivity index (χ3v) is 3.18. The summed E-state index contributed by atoms with van der Waals surface area (Å²) in [4.78, 5) is 2.32. The molecular weight excluding hydrogens is 203 g/mol. The molecule has 0 bridgehead atoms. The lowest BCUT2D eigenvalue weighted by Gasteiger charge is -2.30. The van der Waals surface area contributed by atoms with Crippen molar-refractivity contribution in [2.75, 3.05) is 26.7 Å². The summed E-state index contributed by atoms with van der Waals surface area (Å²) >= 11 is 0. The van der Waals surface area contributed by atoms with E-state index in [4.69, 9.17) is 0 Å². The molecule has 1 aliphatic heterocycles. The van der Waals surface area contributed by atoms with Crippen molar-refractivity contribution >= 4 is 0 Å². The van der Waals surface area contributed by atoms with E-state index in [-0.39, 0.29) is 5.82 Å². The Morgan fingerprint density at radius 3 is 3.00 bits per heavy atom. The minimum atomic E-state index is -0.0772. The van der Waals surface area contributed by atoms with Crippen molar-refractivity contribution in [3.05, 3.63) is 35.6 Å². The predicted molar refractivity (Wildman–Crippen MR) is 64.0 cm³/mol. The zero-order chi connectivity index (χ0) is 11.4. The Labute approximate surface area is 96.5 Å². The van der Waals surface area contributed by atoms with Gasteiger partial charge in [-0.2, -0.15) is 0 Å².